The van der Waals surface area contributed by atoms with E-state index in [0.29, 0.717) is 5.91 Å². The molecule has 0 radical (unpaired) electrons. The Kier molecular flexibility index (Phi) is 3.26. The number of para-hydroxylation sites is 1. The Balaban J connectivity index is 1.66. The van der Waals surface area contributed by atoms with Gasteiger partial charge in [0.2, 0.25) is 5.91 Å². The summed E-state index contributed by atoms with van der Waals surface area (Å²) in [6, 6.07) is 8.63. The lowest BCUT2D eigenvalue weighted by molar-refractivity contribution is -0.121. The maximum absolute atomic E-state index is 13.0. The topological polar surface area (TPSA) is 32.3 Å². The lowest BCUT2D eigenvalue weighted by atomic mass is 9.81. The molecule has 1 spiro atoms. The van der Waals surface area contributed by atoms with Crippen molar-refractivity contribution in [3.05, 3.63) is 29.8 Å². The summed E-state index contributed by atoms with van der Waals surface area (Å²) in [4.78, 5) is 15.1. The number of fused-ring (bicyclic) bond motifs is 2. The molecule has 21 heavy (non-hydrogen) atoms. The van der Waals surface area contributed by atoms with E-state index in [9.17, 15) is 4.79 Å². The minimum Gasteiger partial charge on any atom is -0.310 e. The van der Waals surface area contributed by atoms with Gasteiger partial charge in [0.15, 0.2) is 0 Å². The van der Waals surface area contributed by atoms with E-state index >= 15 is 0 Å². The average molecular weight is 284 g/mol. The molecule has 2 fully saturated rings. The summed E-state index contributed by atoms with van der Waals surface area (Å²) < 4.78 is 0. The van der Waals surface area contributed by atoms with Crippen molar-refractivity contribution in [1.29, 1.82) is 0 Å². The molecule has 1 aromatic carbocycles. The summed E-state index contributed by atoms with van der Waals surface area (Å²) >= 11 is 0. The predicted octanol–water partition coefficient (Wildman–Crippen LogP) is 2.99. The SMILES string of the molecule is O=C(C1CCCCN1)N1CC2(CCCC2)c2ccccc21. The van der Waals surface area contributed by atoms with Crippen LogP contribution in [-0.4, -0.2) is 25.0 Å². The van der Waals surface area contributed by atoms with Gasteiger partial charge in [0.05, 0.1) is 6.04 Å². The van der Waals surface area contributed by atoms with E-state index in [1.54, 1.807) is 0 Å². The van der Waals surface area contributed by atoms with Crippen molar-refractivity contribution in [2.45, 2.75) is 56.4 Å². The quantitative estimate of drug-likeness (QED) is 0.860. The minimum atomic E-state index is 0.0309. The van der Waals surface area contributed by atoms with Crippen molar-refractivity contribution in [2.24, 2.45) is 0 Å². The fourth-order valence-electron chi connectivity index (χ4n) is 4.56. The van der Waals surface area contributed by atoms with Crippen LogP contribution in [0.2, 0.25) is 0 Å². The number of amides is 1. The molecule has 1 aromatic rings. The van der Waals surface area contributed by atoms with Crippen LogP contribution in [0.1, 0.15) is 50.5 Å². The highest BCUT2D eigenvalue weighted by Crippen LogP contribution is 2.50. The van der Waals surface area contributed by atoms with Crippen LogP contribution in [0.15, 0.2) is 24.3 Å². The number of nitrogens with zero attached hydrogens (tertiary/aromatic N) is 1. The van der Waals surface area contributed by atoms with Crippen molar-refractivity contribution >= 4 is 11.6 Å². The molecule has 2 aliphatic heterocycles. The van der Waals surface area contributed by atoms with Gasteiger partial charge in [0.25, 0.3) is 0 Å². The average Bonchev–Trinajstić information content (AvgIpc) is 3.15. The smallest absolute Gasteiger partial charge is 0.244 e. The first-order chi connectivity index (χ1) is 10.3. The number of benzene rings is 1. The van der Waals surface area contributed by atoms with Crippen molar-refractivity contribution in [2.75, 3.05) is 18.0 Å². The van der Waals surface area contributed by atoms with Gasteiger partial charge in [-0.05, 0) is 43.9 Å². The van der Waals surface area contributed by atoms with Crippen molar-refractivity contribution in [1.82, 2.24) is 5.32 Å². The van der Waals surface area contributed by atoms with Crippen molar-refractivity contribution in [3.8, 4) is 0 Å². The second-order valence-corrected chi connectivity index (χ2v) is 6.93. The number of hydrogen-bond acceptors (Lipinski definition) is 2. The monoisotopic (exact) mass is 284 g/mol. The minimum absolute atomic E-state index is 0.0309. The molecule has 3 aliphatic rings. The fourth-order valence-corrected chi connectivity index (χ4v) is 4.56. The first-order valence-electron chi connectivity index (χ1n) is 8.44. The molecule has 1 unspecified atom stereocenters. The molecule has 1 aliphatic carbocycles. The Morgan fingerprint density at radius 1 is 1.14 bits per heavy atom. The second-order valence-electron chi connectivity index (χ2n) is 6.93. The van der Waals surface area contributed by atoms with E-state index in [4.69, 9.17) is 0 Å². The van der Waals surface area contributed by atoms with Crippen LogP contribution < -0.4 is 10.2 Å². The molecular formula is C18H24N2O. The van der Waals surface area contributed by atoms with Gasteiger partial charge < -0.3 is 10.2 Å². The lowest BCUT2D eigenvalue weighted by Gasteiger charge is -2.29. The normalized spacial score (nSPS) is 27.0. The van der Waals surface area contributed by atoms with Gasteiger partial charge in [0, 0.05) is 17.6 Å². The molecule has 4 rings (SSSR count). The number of nitrogens with one attached hydrogen (secondary N) is 1. The summed E-state index contributed by atoms with van der Waals surface area (Å²) in [5.41, 5.74) is 2.85. The Morgan fingerprint density at radius 3 is 2.71 bits per heavy atom. The highest BCUT2D eigenvalue weighted by Gasteiger charge is 2.46. The Hall–Kier alpha value is -1.35. The zero-order valence-corrected chi connectivity index (χ0v) is 12.6. The molecule has 1 N–H and O–H groups in total. The standard InChI is InChI=1S/C18H24N2O/c21-17(15-8-3-6-12-19-15)20-13-18(10-4-5-11-18)14-7-1-2-9-16(14)20/h1-2,7,9,15,19H,3-6,8,10-13H2. The number of carbonyl (C=O) groups is 1. The largest absolute Gasteiger partial charge is 0.310 e. The molecule has 3 nitrogen and oxygen atoms in total. The van der Waals surface area contributed by atoms with Gasteiger partial charge in [-0.25, -0.2) is 0 Å². The van der Waals surface area contributed by atoms with Crippen LogP contribution in [-0.2, 0) is 10.2 Å². The number of carbonyl (C=O) groups excluding carboxylic acids is 1. The third kappa shape index (κ3) is 2.10. The molecule has 0 bridgehead atoms. The van der Waals surface area contributed by atoms with Crippen LogP contribution in [0.4, 0.5) is 5.69 Å². The molecule has 0 aromatic heterocycles. The molecule has 1 amide bonds. The zero-order chi connectivity index (χ0) is 14.3. The van der Waals surface area contributed by atoms with E-state index in [1.165, 1.54) is 49.8 Å². The van der Waals surface area contributed by atoms with E-state index < -0.39 is 0 Å². The first kappa shape index (κ1) is 13.3. The Morgan fingerprint density at radius 2 is 1.95 bits per heavy atom. The third-order valence-electron chi connectivity index (χ3n) is 5.66. The maximum Gasteiger partial charge on any atom is 0.244 e. The van der Waals surface area contributed by atoms with E-state index in [1.807, 2.05) is 0 Å². The fraction of sp³-hybridized carbons (Fsp3) is 0.611. The number of anilines is 1. The highest BCUT2D eigenvalue weighted by molar-refractivity contribution is 5.99. The molecule has 1 saturated carbocycles. The van der Waals surface area contributed by atoms with Crippen LogP contribution in [0, 0.1) is 0 Å². The van der Waals surface area contributed by atoms with Crippen LogP contribution in [0.5, 0.6) is 0 Å². The van der Waals surface area contributed by atoms with Gasteiger partial charge >= 0.3 is 0 Å². The summed E-state index contributed by atoms with van der Waals surface area (Å²) in [5.74, 6) is 0.297. The van der Waals surface area contributed by atoms with Gasteiger partial charge in [-0.3, -0.25) is 4.79 Å². The summed E-state index contributed by atoms with van der Waals surface area (Å²) in [5, 5.41) is 3.41. The van der Waals surface area contributed by atoms with Crippen LogP contribution >= 0.6 is 0 Å². The van der Waals surface area contributed by atoms with Gasteiger partial charge in [0.1, 0.15) is 0 Å². The molecule has 2 heterocycles. The van der Waals surface area contributed by atoms with Crippen molar-refractivity contribution in [3.63, 3.8) is 0 Å². The van der Waals surface area contributed by atoms with E-state index in [0.717, 1.165) is 19.5 Å². The van der Waals surface area contributed by atoms with E-state index in [-0.39, 0.29) is 11.5 Å². The summed E-state index contributed by atoms with van der Waals surface area (Å²) in [6.07, 6.45) is 8.45. The molecule has 1 saturated heterocycles. The molecule has 1 atom stereocenters. The van der Waals surface area contributed by atoms with Gasteiger partial charge in [-0.2, -0.15) is 0 Å². The Labute approximate surface area is 126 Å². The third-order valence-corrected chi connectivity index (χ3v) is 5.66. The second kappa shape index (κ2) is 5.13. The molecule has 3 heteroatoms. The first-order valence-corrected chi connectivity index (χ1v) is 8.44. The summed E-state index contributed by atoms with van der Waals surface area (Å²) in [7, 11) is 0. The molecule has 112 valence electrons. The highest BCUT2D eigenvalue weighted by atomic mass is 16.2. The Bertz CT molecular complexity index is 542. The number of rotatable bonds is 1. The molecular weight excluding hydrogens is 260 g/mol. The predicted molar refractivity (Wildman–Crippen MR) is 84.6 cm³/mol. The van der Waals surface area contributed by atoms with Gasteiger partial charge in [-0.15, -0.1) is 0 Å². The van der Waals surface area contributed by atoms with Crippen molar-refractivity contribution < 1.29 is 4.79 Å². The maximum atomic E-state index is 13.0. The summed E-state index contributed by atoms with van der Waals surface area (Å²) in [6.45, 7) is 1.89. The zero-order valence-electron chi connectivity index (χ0n) is 12.6. The lowest BCUT2D eigenvalue weighted by Crippen LogP contribution is -2.49. The van der Waals surface area contributed by atoms with Crippen LogP contribution in [0.25, 0.3) is 0 Å². The van der Waals surface area contributed by atoms with E-state index in [2.05, 4.69) is 34.5 Å². The number of piperidine rings is 1. The van der Waals surface area contributed by atoms with Crippen LogP contribution in [0.3, 0.4) is 0 Å². The van der Waals surface area contributed by atoms with Gasteiger partial charge in [-0.1, -0.05) is 37.5 Å². The number of hydrogen-bond donors (Lipinski definition) is 1.